The van der Waals surface area contributed by atoms with Crippen molar-refractivity contribution in [2.24, 2.45) is 5.10 Å². The number of nitrogens with zero attached hydrogens (tertiary/aromatic N) is 4. The molecule has 1 aliphatic rings. The normalized spacial score (nSPS) is 15.3. The summed E-state index contributed by atoms with van der Waals surface area (Å²) in [5.41, 5.74) is 3.10. The standard InChI is InChI=1S/C26H22FN5O2S/c1-28-13-16-11-17(15-29-14-16)20-12-21(25-18(27)5-4-7-22(25)33)32(31-20)26(34)24-9-8-23(35-24)19-6-2-3-10-30-19/h2-11,14-15,21,28,33H,12-13H2,1H3. The molecule has 7 nitrogen and oxygen atoms in total. The Labute approximate surface area is 205 Å². The number of rotatable bonds is 6. The van der Waals surface area contributed by atoms with Crippen LogP contribution in [0.4, 0.5) is 4.39 Å². The Morgan fingerprint density at radius 2 is 2.09 bits per heavy atom. The van der Waals surface area contributed by atoms with E-state index in [4.69, 9.17) is 0 Å². The van der Waals surface area contributed by atoms with Crippen LogP contribution in [0.15, 0.2) is 78.3 Å². The zero-order valence-corrected chi connectivity index (χ0v) is 19.7. The number of thiophene rings is 1. The topological polar surface area (TPSA) is 90.7 Å². The van der Waals surface area contributed by atoms with Crippen LogP contribution in [0.1, 0.15) is 38.8 Å². The van der Waals surface area contributed by atoms with Crippen LogP contribution in [0, 0.1) is 5.82 Å². The third-order valence-corrected chi connectivity index (χ3v) is 6.82. The maximum atomic E-state index is 14.9. The molecule has 4 heterocycles. The molecule has 3 aromatic heterocycles. The Hall–Kier alpha value is -3.95. The quantitative estimate of drug-likeness (QED) is 0.409. The fourth-order valence-corrected chi connectivity index (χ4v) is 5.03. The van der Waals surface area contributed by atoms with E-state index in [0.717, 1.165) is 21.7 Å². The Balaban J connectivity index is 1.54. The molecule has 0 saturated carbocycles. The first-order valence-corrected chi connectivity index (χ1v) is 11.9. The average molecular weight is 488 g/mol. The molecule has 35 heavy (non-hydrogen) atoms. The molecule has 0 bridgehead atoms. The first-order valence-electron chi connectivity index (χ1n) is 11.0. The van der Waals surface area contributed by atoms with Crippen molar-refractivity contribution in [3.63, 3.8) is 0 Å². The van der Waals surface area contributed by atoms with Gasteiger partial charge in [0.15, 0.2) is 0 Å². The van der Waals surface area contributed by atoms with Crippen LogP contribution in [-0.2, 0) is 6.54 Å². The van der Waals surface area contributed by atoms with Gasteiger partial charge in [0.2, 0.25) is 0 Å². The lowest BCUT2D eigenvalue weighted by Gasteiger charge is -2.22. The van der Waals surface area contributed by atoms with Crippen molar-refractivity contribution in [1.82, 2.24) is 20.3 Å². The fourth-order valence-electron chi connectivity index (χ4n) is 4.11. The van der Waals surface area contributed by atoms with Gasteiger partial charge in [-0.2, -0.15) is 5.10 Å². The molecule has 1 amide bonds. The van der Waals surface area contributed by atoms with E-state index < -0.39 is 11.9 Å². The van der Waals surface area contributed by atoms with Gasteiger partial charge in [-0.15, -0.1) is 11.3 Å². The number of aromatic nitrogens is 2. The van der Waals surface area contributed by atoms with Crippen molar-refractivity contribution in [1.29, 1.82) is 0 Å². The molecule has 0 fully saturated rings. The lowest BCUT2D eigenvalue weighted by molar-refractivity contribution is 0.0712. The van der Waals surface area contributed by atoms with Crippen LogP contribution in [-0.4, -0.2) is 38.7 Å². The highest BCUT2D eigenvalue weighted by Crippen LogP contribution is 2.40. The molecule has 1 aliphatic heterocycles. The highest BCUT2D eigenvalue weighted by molar-refractivity contribution is 7.17. The molecule has 5 rings (SSSR count). The number of phenolic OH excluding ortho intramolecular Hbond substituents is 1. The van der Waals surface area contributed by atoms with Gasteiger partial charge in [-0.05, 0) is 55.1 Å². The van der Waals surface area contributed by atoms with Gasteiger partial charge in [0.05, 0.1) is 32.8 Å². The van der Waals surface area contributed by atoms with E-state index in [0.29, 0.717) is 17.1 Å². The zero-order valence-electron chi connectivity index (χ0n) is 18.9. The molecular formula is C26H22FN5O2S. The summed E-state index contributed by atoms with van der Waals surface area (Å²) in [5.74, 6) is -1.18. The van der Waals surface area contributed by atoms with Gasteiger partial charge in [0.25, 0.3) is 5.91 Å². The van der Waals surface area contributed by atoms with Crippen molar-refractivity contribution < 1.29 is 14.3 Å². The van der Waals surface area contributed by atoms with Crippen LogP contribution in [0.5, 0.6) is 5.75 Å². The number of nitrogens with one attached hydrogen (secondary N) is 1. The number of aromatic hydroxyl groups is 1. The summed E-state index contributed by atoms with van der Waals surface area (Å²) < 4.78 is 14.9. The zero-order chi connectivity index (χ0) is 24.4. The number of hydrogen-bond donors (Lipinski definition) is 2. The Kier molecular flexibility index (Phi) is 6.35. The van der Waals surface area contributed by atoms with Gasteiger partial charge in [0, 0.05) is 37.1 Å². The van der Waals surface area contributed by atoms with Gasteiger partial charge in [-0.3, -0.25) is 14.8 Å². The van der Waals surface area contributed by atoms with E-state index in [-0.39, 0.29) is 23.6 Å². The molecule has 9 heteroatoms. The van der Waals surface area contributed by atoms with Gasteiger partial charge in [0.1, 0.15) is 11.6 Å². The van der Waals surface area contributed by atoms with Crippen LogP contribution in [0.3, 0.4) is 0 Å². The van der Waals surface area contributed by atoms with E-state index in [1.54, 1.807) is 24.7 Å². The van der Waals surface area contributed by atoms with Crippen LogP contribution >= 0.6 is 11.3 Å². The maximum absolute atomic E-state index is 14.9. The fraction of sp³-hybridized carbons (Fsp3) is 0.154. The number of hydrazone groups is 1. The molecule has 1 unspecified atom stereocenters. The first-order chi connectivity index (χ1) is 17.0. The molecule has 0 spiro atoms. The summed E-state index contributed by atoms with van der Waals surface area (Å²) in [7, 11) is 1.84. The second-order valence-electron chi connectivity index (χ2n) is 8.08. The summed E-state index contributed by atoms with van der Waals surface area (Å²) >= 11 is 1.29. The Bertz CT molecular complexity index is 1390. The largest absolute Gasteiger partial charge is 0.507 e. The van der Waals surface area contributed by atoms with Gasteiger partial charge < -0.3 is 10.4 Å². The number of carbonyl (C=O) groups excluding carboxylic acids is 1. The van der Waals surface area contributed by atoms with Gasteiger partial charge in [-0.25, -0.2) is 9.40 Å². The number of amides is 1. The molecular weight excluding hydrogens is 465 g/mol. The predicted octanol–water partition coefficient (Wildman–Crippen LogP) is 4.76. The van der Waals surface area contributed by atoms with E-state index in [9.17, 15) is 14.3 Å². The first kappa shape index (κ1) is 22.8. The number of carbonyl (C=O) groups is 1. The van der Waals surface area contributed by atoms with Crippen molar-refractivity contribution in [3.05, 3.63) is 101 Å². The van der Waals surface area contributed by atoms with E-state index in [1.165, 1.54) is 34.5 Å². The van der Waals surface area contributed by atoms with E-state index in [2.05, 4.69) is 20.4 Å². The summed E-state index contributed by atoms with van der Waals surface area (Å²) in [6.07, 6.45) is 5.36. The smallest absolute Gasteiger partial charge is 0.284 e. The number of halogens is 1. The molecule has 1 atom stereocenters. The summed E-state index contributed by atoms with van der Waals surface area (Å²) in [6, 6.07) is 14.4. The van der Waals surface area contributed by atoms with Crippen molar-refractivity contribution in [2.45, 2.75) is 19.0 Å². The second-order valence-corrected chi connectivity index (χ2v) is 9.16. The highest BCUT2D eigenvalue weighted by atomic mass is 32.1. The molecule has 0 saturated heterocycles. The Morgan fingerprint density at radius 1 is 1.20 bits per heavy atom. The van der Waals surface area contributed by atoms with Crippen molar-refractivity contribution in [3.8, 4) is 16.3 Å². The van der Waals surface area contributed by atoms with Crippen LogP contribution in [0.25, 0.3) is 10.6 Å². The SMILES string of the molecule is CNCc1cncc(C2=NN(C(=O)c3ccc(-c4ccccn4)s3)C(c3c(O)cccc3F)C2)c1. The molecule has 1 aromatic carbocycles. The van der Waals surface area contributed by atoms with Gasteiger partial charge in [-0.1, -0.05) is 12.1 Å². The average Bonchev–Trinajstić information content (AvgIpc) is 3.53. The lowest BCUT2D eigenvalue weighted by atomic mass is 9.97. The van der Waals surface area contributed by atoms with Crippen LogP contribution < -0.4 is 5.32 Å². The minimum absolute atomic E-state index is 0.0421. The molecule has 4 aromatic rings. The van der Waals surface area contributed by atoms with Crippen LogP contribution in [0.2, 0.25) is 0 Å². The summed E-state index contributed by atoms with van der Waals surface area (Å²) in [5, 5.41) is 19.5. The van der Waals surface area contributed by atoms with E-state index in [1.807, 2.05) is 37.4 Å². The molecule has 2 N–H and O–H groups in total. The third-order valence-electron chi connectivity index (χ3n) is 5.72. The summed E-state index contributed by atoms with van der Waals surface area (Å²) in [4.78, 5) is 23.5. The number of phenols is 1. The minimum Gasteiger partial charge on any atom is -0.507 e. The second kappa shape index (κ2) is 9.73. The maximum Gasteiger partial charge on any atom is 0.284 e. The summed E-state index contributed by atoms with van der Waals surface area (Å²) in [6.45, 7) is 0.625. The Morgan fingerprint density at radius 3 is 2.86 bits per heavy atom. The third kappa shape index (κ3) is 4.55. The lowest BCUT2D eigenvalue weighted by Crippen LogP contribution is -2.27. The minimum atomic E-state index is -0.799. The highest BCUT2D eigenvalue weighted by Gasteiger charge is 2.37. The van der Waals surface area contributed by atoms with Crippen molar-refractivity contribution >= 4 is 23.0 Å². The predicted molar refractivity (Wildman–Crippen MR) is 133 cm³/mol. The number of hydrogen-bond acceptors (Lipinski definition) is 7. The monoisotopic (exact) mass is 487 g/mol. The number of pyridine rings is 2. The molecule has 176 valence electrons. The number of benzene rings is 1. The van der Waals surface area contributed by atoms with E-state index >= 15 is 0 Å². The van der Waals surface area contributed by atoms with Gasteiger partial charge >= 0.3 is 0 Å². The molecule has 0 radical (unpaired) electrons. The van der Waals surface area contributed by atoms with Crippen molar-refractivity contribution in [2.75, 3.05) is 7.05 Å². The molecule has 0 aliphatic carbocycles.